The molecule has 29 heavy (non-hydrogen) atoms. The number of carbonyl (C=O) groups is 4. The van der Waals surface area contributed by atoms with Gasteiger partial charge in [0.05, 0.1) is 17.3 Å². The van der Waals surface area contributed by atoms with Gasteiger partial charge < -0.3 is 11.1 Å². The predicted octanol–water partition coefficient (Wildman–Crippen LogP) is -0.108. The lowest BCUT2D eigenvalue weighted by molar-refractivity contribution is -0.136. The van der Waals surface area contributed by atoms with Gasteiger partial charge in [0.15, 0.2) is 0 Å². The number of benzene rings is 1. The molecular weight excluding hydrogens is 376 g/mol. The van der Waals surface area contributed by atoms with E-state index >= 15 is 0 Å². The molecule has 4 amide bonds. The van der Waals surface area contributed by atoms with E-state index in [-0.39, 0.29) is 24.0 Å². The van der Waals surface area contributed by atoms with Crippen LogP contribution in [0.5, 0.6) is 0 Å². The van der Waals surface area contributed by atoms with Crippen molar-refractivity contribution >= 4 is 29.4 Å². The van der Waals surface area contributed by atoms with Crippen molar-refractivity contribution in [2.75, 3.05) is 5.32 Å². The molecule has 150 valence electrons. The van der Waals surface area contributed by atoms with Crippen molar-refractivity contribution in [3.63, 3.8) is 0 Å². The molecule has 2 aromatic rings. The van der Waals surface area contributed by atoms with E-state index in [1.54, 1.807) is 36.1 Å². The smallest absolute Gasteiger partial charge is 0.262 e. The van der Waals surface area contributed by atoms with Crippen LogP contribution in [0.4, 0.5) is 5.82 Å². The Morgan fingerprint density at radius 3 is 2.69 bits per heavy atom. The van der Waals surface area contributed by atoms with Gasteiger partial charge in [-0.15, -0.1) is 0 Å². The Kier molecular flexibility index (Phi) is 4.63. The van der Waals surface area contributed by atoms with Crippen molar-refractivity contribution in [3.05, 3.63) is 46.6 Å². The minimum atomic E-state index is -0.969. The SMILES string of the molecule is Cn1ncc(CN)c1NCc1ccc2c(c1)C(=O)N(C1CCC(=O)NC1=O)C2=O. The quantitative estimate of drug-likeness (QED) is 0.599. The molecule has 10 heteroatoms. The highest BCUT2D eigenvalue weighted by atomic mass is 16.2. The van der Waals surface area contributed by atoms with Crippen molar-refractivity contribution in [1.82, 2.24) is 20.0 Å². The third kappa shape index (κ3) is 3.17. The van der Waals surface area contributed by atoms with Crippen molar-refractivity contribution in [2.45, 2.75) is 32.0 Å². The van der Waals surface area contributed by atoms with Gasteiger partial charge in [0.25, 0.3) is 11.8 Å². The monoisotopic (exact) mass is 396 g/mol. The van der Waals surface area contributed by atoms with Crippen LogP contribution in [-0.2, 0) is 29.7 Å². The first-order valence-corrected chi connectivity index (χ1v) is 9.20. The number of aryl methyl sites for hydroxylation is 1. The summed E-state index contributed by atoms with van der Waals surface area (Å²) in [7, 11) is 1.80. The number of nitrogens with zero attached hydrogens (tertiary/aromatic N) is 3. The summed E-state index contributed by atoms with van der Waals surface area (Å²) in [5.41, 5.74) is 7.88. The standard InChI is InChI=1S/C19H20N6O4/c1-24-16(11(7-20)9-22-24)21-8-10-2-3-12-13(6-10)19(29)25(18(12)28)14-4-5-15(26)23-17(14)27/h2-3,6,9,14,21H,4-5,7-8,20H2,1H3,(H,23,26,27). The maximum absolute atomic E-state index is 12.9. The number of aromatic nitrogens is 2. The van der Waals surface area contributed by atoms with Crippen LogP contribution in [0, 0.1) is 0 Å². The van der Waals surface area contributed by atoms with Gasteiger partial charge in [-0.3, -0.25) is 34.1 Å². The van der Waals surface area contributed by atoms with Gasteiger partial charge in [0, 0.05) is 32.1 Å². The Morgan fingerprint density at radius 1 is 1.21 bits per heavy atom. The van der Waals surface area contributed by atoms with Crippen LogP contribution in [0.15, 0.2) is 24.4 Å². The van der Waals surface area contributed by atoms with E-state index in [0.29, 0.717) is 13.1 Å². The Morgan fingerprint density at radius 2 is 1.97 bits per heavy atom. The lowest BCUT2D eigenvalue weighted by atomic mass is 10.0. The van der Waals surface area contributed by atoms with Gasteiger partial charge in [-0.25, -0.2) is 0 Å². The third-order valence-electron chi connectivity index (χ3n) is 5.20. The van der Waals surface area contributed by atoms with Crippen LogP contribution in [-0.4, -0.2) is 44.4 Å². The lowest BCUT2D eigenvalue weighted by Gasteiger charge is -2.27. The van der Waals surface area contributed by atoms with Gasteiger partial charge in [0.2, 0.25) is 11.8 Å². The largest absolute Gasteiger partial charge is 0.366 e. The number of carbonyl (C=O) groups excluding carboxylic acids is 4. The van der Waals surface area contributed by atoms with Crippen LogP contribution >= 0.6 is 0 Å². The lowest BCUT2D eigenvalue weighted by Crippen LogP contribution is -2.54. The molecule has 0 saturated carbocycles. The van der Waals surface area contributed by atoms with Gasteiger partial charge in [-0.1, -0.05) is 6.07 Å². The van der Waals surface area contributed by atoms with Crippen molar-refractivity contribution in [1.29, 1.82) is 0 Å². The molecule has 1 unspecified atom stereocenters. The summed E-state index contributed by atoms with van der Waals surface area (Å²) in [6.45, 7) is 0.744. The van der Waals surface area contributed by atoms with Gasteiger partial charge >= 0.3 is 0 Å². The first-order valence-electron chi connectivity index (χ1n) is 9.20. The highest BCUT2D eigenvalue weighted by Gasteiger charge is 2.44. The van der Waals surface area contributed by atoms with Crippen LogP contribution in [0.1, 0.15) is 44.7 Å². The molecule has 4 rings (SSSR count). The third-order valence-corrected chi connectivity index (χ3v) is 5.20. The van der Waals surface area contributed by atoms with E-state index in [1.165, 1.54) is 0 Å². The topological polar surface area (TPSA) is 139 Å². The molecule has 2 aliphatic heterocycles. The first-order chi connectivity index (χ1) is 13.9. The number of rotatable bonds is 5. The zero-order valence-corrected chi connectivity index (χ0v) is 15.8. The van der Waals surface area contributed by atoms with Crippen molar-refractivity contribution in [2.24, 2.45) is 12.8 Å². The van der Waals surface area contributed by atoms with Crippen LogP contribution in [0.3, 0.4) is 0 Å². The Hall–Kier alpha value is -3.53. The number of hydrogen-bond acceptors (Lipinski definition) is 7. The van der Waals surface area contributed by atoms with Crippen LogP contribution in [0.25, 0.3) is 0 Å². The number of amides is 4. The molecule has 1 aromatic carbocycles. The highest BCUT2D eigenvalue weighted by Crippen LogP contribution is 2.28. The summed E-state index contributed by atoms with van der Waals surface area (Å²) in [5.74, 6) is -1.28. The number of nitrogens with two attached hydrogens (primary N) is 1. The normalized spacial score (nSPS) is 18.8. The van der Waals surface area contributed by atoms with E-state index in [0.717, 1.165) is 21.8 Å². The maximum atomic E-state index is 12.9. The van der Waals surface area contributed by atoms with E-state index in [1.807, 2.05) is 0 Å². The van der Waals surface area contributed by atoms with Gasteiger partial charge in [0.1, 0.15) is 11.9 Å². The zero-order valence-electron chi connectivity index (χ0n) is 15.8. The van der Waals surface area contributed by atoms with Crippen molar-refractivity contribution in [3.8, 4) is 0 Å². The van der Waals surface area contributed by atoms with E-state index in [9.17, 15) is 19.2 Å². The molecule has 1 saturated heterocycles. The number of anilines is 1. The Labute approximate surface area is 166 Å². The number of imide groups is 2. The summed E-state index contributed by atoms with van der Waals surface area (Å²) in [6.07, 6.45) is 1.91. The second-order valence-electron chi connectivity index (χ2n) is 7.03. The van der Waals surface area contributed by atoms with Gasteiger partial charge in [-0.2, -0.15) is 5.10 Å². The fraction of sp³-hybridized carbons (Fsp3) is 0.316. The second-order valence-corrected chi connectivity index (χ2v) is 7.03. The summed E-state index contributed by atoms with van der Waals surface area (Å²) in [4.78, 5) is 50.0. The minimum Gasteiger partial charge on any atom is -0.366 e. The highest BCUT2D eigenvalue weighted by molar-refractivity contribution is 6.23. The fourth-order valence-electron chi connectivity index (χ4n) is 3.67. The average molecular weight is 396 g/mol. The van der Waals surface area contributed by atoms with E-state index < -0.39 is 29.7 Å². The number of piperidine rings is 1. The Balaban J connectivity index is 1.55. The second kappa shape index (κ2) is 7.13. The molecule has 1 aromatic heterocycles. The molecule has 1 fully saturated rings. The molecule has 0 aliphatic carbocycles. The fourth-order valence-corrected chi connectivity index (χ4v) is 3.67. The Bertz CT molecular complexity index is 1040. The zero-order chi connectivity index (χ0) is 20.7. The van der Waals surface area contributed by atoms with E-state index in [2.05, 4.69) is 15.7 Å². The molecule has 4 N–H and O–H groups in total. The number of nitrogens with one attached hydrogen (secondary N) is 2. The molecule has 0 bridgehead atoms. The first kappa shape index (κ1) is 18.8. The molecule has 0 spiro atoms. The number of hydrogen-bond donors (Lipinski definition) is 3. The summed E-state index contributed by atoms with van der Waals surface area (Å²) < 4.78 is 1.68. The minimum absolute atomic E-state index is 0.0904. The molecule has 2 aliphatic rings. The van der Waals surface area contributed by atoms with Crippen molar-refractivity contribution < 1.29 is 19.2 Å². The molecule has 10 nitrogen and oxygen atoms in total. The molecular formula is C19H20N6O4. The predicted molar refractivity (Wildman–Crippen MR) is 102 cm³/mol. The van der Waals surface area contributed by atoms with Crippen LogP contribution < -0.4 is 16.4 Å². The van der Waals surface area contributed by atoms with Gasteiger partial charge in [-0.05, 0) is 24.1 Å². The molecule has 1 atom stereocenters. The maximum Gasteiger partial charge on any atom is 0.262 e. The summed E-state index contributed by atoms with van der Waals surface area (Å²) >= 11 is 0. The molecule has 3 heterocycles. The average Bonchev–Trinajstić information content (AvgIpc) is 3.18. The summed E-state index contributed by atoms with van der Waals surface area (Å²) in [5, 5.41) is 9.59. The van der Waals surface area contributed by atoms with E-state index in [4.69, 9.17) is 5.73 Å². The molecule has 0 radical (unpaired) electrons. The number of fused-ring (bicyclic) bond motifs is 1. The van der Waals surface area contributed by atoms with Crippen LogP contribution in [0.2, 0.25) is 0 Å². The summed E-state index contributed by atoms with van der Waals surface area (Å²) in [6, 6.07) is 4.02.